The molecule has 37 heavy (non-hydrogen) atoms. The Morgan fingerprint density at radius 2 is 1.08 bits per heavy atom. The van der Waals surface area contributed by atoms with E-state index in [1.165, 1.54) is 93.6 Å². The number of aryl methyl sites for hydroxylation is 2. The fraction of sp³-hybridized carbons (Fsp3) is 0.257. The lowest BCUT2D eigenvalue weighted by Crippen LogP contribution is -2.02. The molecule has 0 N–H and O–H groups in total. The Labute approximate surface area is 220 Å². The average Bonchev–Trinajstić information content (AvgIpc) is 3.43. The van der Waals surface area contributed by atoms with Crippen LogP contribution in [0.3, 0.4) is 0 Å². The first kappa shape index (κ1) is 23.6. The molecule has 0 unspecified atom stereocenters. The summed E-state index contributed by atoms with van der Waals surface area (Å²) in [5.41, 5.74) is 9.10. The van der Waals surface area contributed by atoms with Crippen LogP contribution in [-0.2, 0) is 13.6 Å². The molecule has 4 aromatic carbocycles. The summed E-state index contributed by atoms with van der Waals surface area (Å²) in [5, 5.41) is 4.09. The van der Waals surface area contributed by atoms with Crippen molar-refractivity contribution in [3.8, 4) is 22.3 Å². The smallest absolute Gasteiger partial charge is 0.122 e. The fourth-order valence-electron chi connectivity index (χ4n) is 5.98. The van der Waals surface area contributed by atoms with Crippen LogP contribution in [-0.4, -0.2) is 9.13 Å². The maximum absolute atomic E-state index is 2.60. The molecule has 0 aliphatic heterocycles. The summed E-state index contributed by atoms with van der Waals surface area (Å²) in [6.45, 7) is 3.34. The lowest BCUT2D eigenvalue weighted by atomic mass is 10.0. The van der Waals surface area contributed by atoms with Gasteiger partial charge in [0, 0.05) is 29.8 Å². The lowest BCUT2D eigenvalue weighted by Gasteiger charge is -2.11. The maximum Gasteiger partial charge on any atom is 0.122 e. The summed E-state index contributed by atoms with van der Waals surface area (Å²) in [5.74, 6) is 0. The Balaban J connectivity index is 1.50. The second-order valence-electron chi connectivity index (χ2n) is 10.4. The number of unbranched alkanes of at least 4 members (excludes halogenated alkanes) is 5. The van der Waals surface area contributed by atoms with Crippen LogP contribution in [0.5, 0.6) is 0 Å². The summed E-state index contributed by atoms with van der Waals surface area (Å²) in [6.07, 6.45) is 7.85. The quantitative estimate of drug-likeness (QED) is 0.181. The second-order valence-corrected chi connectivity index (χ2v) is 10.4. The minimum absolute atomic E-state index is 1.06. The Kier molecular flexibility index (Phi) is 6.57. The Bertz CT molecular complexity index is 1650. The molecule has 2 heterocycles. The van der Waals surface area contributed by atoms with Gasteiger partial charge in [-0.05, 0) is 40.8 Å². The number of hydrogen-bond acceptors (Lipinski definition) is 0. The molecule has 0 radical (unpaired) electrons. The van der Waals surface area contributed by atoms with Gasteiger partial charge in [-0.1, -0.05) is 124 Å². The zero-order chi connectivity index (χ0) is 25.2. The van der Waals surface area contributed by atoms with Crippen molar-refractivity contribution in [2.75, 3.05) is 0 Å². The molecular weight excluding hydrogens is 448 g/mol. The molecule has 0 bridgehead atoms. The van der Waals surface area contributed by atoms with Crippen molar-refractivity contribution >= 4 is 32.8 Å². The zero-order valence-electron chi connectivity index (χ0n) is 22.1. The molecule has 0 atom stereocenters. The Morgan fingerprint density at radius 3 is 1.70 bits per heavy atom. The normalized spacial score (nSPS) is 11.7. The van der Waals surface area contributed by atoms with Crippen LogP contribution in [0.25, 0.3) is 55.1 Å². The van der Waals surface area contributed by atoms with Crippen LogP contribution in [0.2, 0.25) is 0 Å². The van der Waals surface area contributed by atoms with Crippen molar-refractivity contribution < 1.29 is 0 Å². The molecule has 2 aromatic heterocycles. The highest BCUT2D eigenvalue weighted by Crippen LogP contribution is 2.40. The molecule has 6 aromatic rings. The monoisotopic (exact) mass is 484 g/mol. The van der Waals surface area contributed by atoms with Gasteiger partial charge >= 0.3 is 0 Å². The van der Waals surface area contributed by atoms with Crippen LogP contribution in [0.15, 0.2) is 97.1 Å². The van der Waals surface area contributed by atoms with E-state index in [9.17, 15) is 0 Å². The van der Waals surface area contributed by atoms with Crippen LogP contribution >= 0.6 is 0 Å². The lowest BCUT2D eigenvalue weighted by molar-refractivity contribution is 0.568. The van der Waals surface area contributed by atoms with E-state index in [2.05, 4.69) is 120 Å². The summed E-state index contributed by atoms with van der Waals surface area (Å²) in [6, 6.07) is 35.5. The van der Waals surface area contributed by atoms with Crippen molar-refractivity contribution in [3.05, 3.63) is 97.1 Å². The summed E-state index contributed by atoms with van der Waals surface area (Å²) < 4.78 is 5.02. The van der Waals surface area contributed by atoms with E-state index >= 15 is 0 Å². The molecule has 0 spiro atoms. The first-order valence-electron chi connectivity index (χ1n) is 13.9. The van der Waals surface area contributed by atoms with Crippen LogP contribution in [0.1, 0.15) is 45.4 Å². The van der Waals surface area contributed by atoms with Gasteiger partial charge < -0.3 is 9.13 Å². The maximum atomic E-state index is 2.60. The molecule has 0 saturated carbocycles. The molecule has 186 valence electrons. The van der Waals surface area contributed by atoms with Crippen molar-refractivity contribution in [2.24, 2.45) is 7.05 Å². The van der Waals surface area contributed by atoms with E-state index in [-0.39, 0.29) is 0 Å². The van der Waals surface area contributed by atoms with Crippen molar-refractivity contribution in [1.82, 2.24) is 9.13 Å². The molecule has 2 heteroatoms. The van der Waals surface area contributed by atoms with Gasteiger partial charge in [-0.3, -0.25) is 0 Å². The molecule has 0 aliphatic carbocycles. The SMILES string of the molecule is CCCCCCCCn1c2cc(-c3ccccc3)ccc2c2c3ccc(-c4ccccc4)cc3n(C)c21. The molecule has 2 nitrogen and oxygen atoms in total. The largest absolute Gasteiger partial charge is 0.330 e. The highest BCUT2D eigenvalue weighted by atomic mass is 15.1. The topological polar surface area (TPSA) is 9.86 Å². The third-order valence-electron chi connectivity index (χ3n) is 7.93. The number of fused-ring (bicyclic) bond motifs is 5. The van der Waals surface area contributed by atoms with Gasteiger partial charge in [0.15, 0.2) is 0 Å². The molecule has 0 aliphatic rings. The number of rotatable bonds is 9. The highest BCUT2D eigenvalue weighted by molar-refractivity contribution is 6.21. The molecule has 6 rings (SSSR count). The third-order valence-corrected chi connectivity index (χ3v) is 7.93. The number of aromatic nitrogens is 2. The van der Waals surface area contributed by atoms with Gasteiger partial charge in [0.05, 0.1) is 11.0 Å². The number of benzene rings is 4. The van der Waals surface area contributed by atoms with E-state index in [1.54, 1.807) is 0 Å². The predicted octanol–water partition coefficient (Wildman–Crippen LogP) is 9.98. The van der Waals surface area contributed by atoms with Gasteiger partial charge in [-0.15, -0.1) is 0 Å². The minimum atomic E-state index is 1.06. The first-order valence-corrected chi connectivity index (χ1v) is 13.9. The highest BCUT2D eigenvalue weighted by Gasteiger charge is 2.19. The Morgan fingerprint density at radius 1 is 0.541 bits per heavy atom. The molecule has 0 amide bonds. The number of nitrogens with zero attached hydrogens (tertiary/aromatic N) is 2. The number of hydrogen-bond donors (Lipinski definition) is 0. The van der Waals surface area contributed by atoms with Crippen molar-refractivity contribution in [1.29, 1.82) is 0 Å². The van der Waals surface area contributed by atoms with Crippen molar-refractivity contribution in [2.45, 2.75) is 52.0 Å². The van der Waals surface area contributed by atoms with E-state index in [0.717, 1.165) is 6.54 Å². The molecular formula is C35H36N2. The van der Waals surface area contributed by atoms with Gasteiger partial charge in [0.2, 0.25) is 0 Å². The molecule has 0 saturated heterocycles. The van der Waals surface area contributed by atoms with Gasteiger partial charge in [-0.25, -0.2) is 0 Å². The van der Waals surface area contributed by atoms with Crippen LogP contribution < -0.4 is 0 Å². The summed E-state index contributed by atoms with van der Waals surface area (Å²) >= 11 is 0. The standard InChI is InChI=1S/C35H36N2/c1-3-4-5-6-7-14-23-37-33-25-29(27-17-12-9-13-18-27)20-22-31(33)34-30-21-19-28(26-15-10-8-11-16-26)24-32(30)36(2)35(34)37/h8-13,15-22,24-25H,3-7,14,23H2,1-2H3. The zero-order valence-corrected chi connectivity index (χ0v) is 22.1. The van der Waals surface area contributed by atoms with E-state index in [1.807, 2.05) is 0 Å². The Hall–Kier alpha value is -3.78. The van der Waals surface area contributed by atoms with E-state index in [4.69, 9.17) is 0 Å². The predicted molar refractivity (Wildman–Crippen MR) is 160 cm³/mol. The van der Waals surface area contributed by atoms with Crippen LogP contribution in [0, 0.1) is 0 Å². The van der Waals surface area contributed by atoms with E-state index < -0.39 is 0 Å². The van der Waals surface area contributed by atoms with Crippen LogP contribution in [0.4, 0.5) is 0 Å². The summed E-state index contributed by atoms with van der Waals surface area (Å²) in [4.78, 5) is 0. The van der Waals surface area contributed by atoms with Gasteiger partial charge in [-0.2, -0.15) is 0 Å². The van der Waals surface area contributed by atoms with Crippen molar-refractivity contribution in [3.63, 3.8) is 0 Å². The van der Waals surface area contributed by atoms with E-state index in [0.29, 0.717) is 0 Å². The molecule has 0 fully saturated rings. The third kappa shape index (κ3) is 4.35. The van der Waals surface area contributed by atoms with Gasteiger partial charge in [0.1, 0.15) is 5.65 Å². The minimum Gasteiger partial charge on any atom is -0.330 e. The van der Waals surface area contributed by atoms with Gasteiger partial charge in [0.25, 0.3) is 0 Å². The average molecular weight is 485 g/mol. The summed E-state index contributed by atoms with van der Waals surface area (Å²) in [7, 11) is 2.24. The fourth-order valence-corrected chi connectivity index (χ4v) is 5.98. The first-order chi connectivity index (χ1) is 18.3. The second kappa shape index (κ2) is 10.3.